The van der Waals surface area contributed by atoms with Crippen molar-refractivity contribution in [3.63, 3.8) is 0 Å². The summed E-state index contributed by atoms with van der Waals surface area (Å²) in [5.41, 5.74) is 3.00. The molecule has 0 saturated carbocycles. The third-order valence-corrected chi connectivity index (χ3v) is 5.89. The van der Waals surface area contributed by atoms with Gasteiger partial charge in [-0.3, -0.25) is 14.6 Å². The molecule has 1 heterocycles. The summed E-state index contributed by atoms with van der Waals surface area (Å²) in [5, 5.41) is 3.16. The topological polar surface area (TPSA) is 54.0 Å². The first kappa shape index (κ1) is 23.3. The van der Waals surface area contributed by atoms with E-state index in [1.54, 1.807) is 7.11 Å². The largest absolute Gasteiger partial charge is 0.497 e. The minimum Gasteiger partial charge on any atom is -0.497 e. The lowest BCUT2D eigenvalue weighted by molar-refractivity contribution is 0.0342. The Hall–Kier alpha value is -2.41. The molecule has 2 aromatic rings. The quantitative estimate of drug-likeness (QED) is 0.633. The summed E-state index contributed by atoms with van der Waals surface area (Å²) in [6.45, 7) is 10.9. The van der Waals surface area contributed by atoms with Gasteiger partial charge in [0.05, 0.1) is 26.4 Å². The fourth-order valence-corrected chi connectivity index (χ4v) is 4.09. The molecule has 31 heavy (non-hydrogen) atoms. The van der Waals surface area contributed by atoms with Crippen LogP contribution in [0.25, 0.3) is 0 Å². The van der Waals surface area contributed by atoms with Crippen LogP contribution in [0.15, 0.2) is 48.5 Å². The average molecular weight is 426 g/mol. The van der Waals surface area contributed by atoms with Crippen molar-refractivity contribution in [1.29, 1.82) is 0 Å². The Morgan fingerprint density at radius 2 is 1.87 bits per heavy atom. The molecule has 1 unspecified atom stereocenters. The lowest BCUT2D eigenvalue weighted by Crippen LogP contribution is -2.38. The predicted octanol–water partition coefficient (Wildman–Crippen LogP) is 3.34. The average Bonchev–Trinajstić information content (AvgIpc) is 2.82. The highest BCUT2D eigenvalue weighted by Gasteiger charge is 2.20. The van der Waals surface area contributed by atoms with Crippen LogP contribution in [0.3, 0.4) is 0 Å². The SMILES string of the molecule is CCN(CC)C(CNC(=O)c1cccc(CN2CCOCC2)c1)c1cccc(OC)c1. The van der Waals surface area contributed by atoms with Crippen LogP contribution in [0.5, 0.6) is 5.75 Å². The normalized spacial score (nSPS) is 15.6. The number of hydrogen-bond donors (Lipinski definition) is 1. The molecule has 1 atom stereocenters. The summed E-state index contributed by atoms with van der Waals surface area (Å²) in [7, 11) is 1.68. The molecule has 1 saturated heterocycles. The number of methoxy groups -OCH3 is 1. The molecule has 1 aliphatic rings. The molecule has 168 valence electrons. The number of amides is 1. The van der Waals surface area contributed by atoms with Crippen molar-refractivity contribution >= 4 is 5.91 Å². The van der Waals surface area contributed by atoms with Crippen LogP contribution in [0.2, 0.25) is 0 Å². The summed E-state index contributed by atoms with van der Waals surface area (Å²) < 4.78 is 10.8. The zero-order chi connectivity index (χ0) is 22.1. The zero-order valence-electron chi connectivity index (χ0n) is 19.0. The smallest absolute Gasteiger partial charge is 0.251 e. The maximum atomic E-state index is 13.0. The van der Waals surface area contributed by atoms with Crippen molar-refractivity contribution < 1.29 is 14.3 Å². The molecule has 2 aromatic carbocycles. The number of nitrogens with zero attached hydrogens (tertiary/aromatic N) is 2. The predicted molar refractivity (Wildman–Crippen MR) is 124 cm³/mol. The fourth-order valence-electron chi connectivity index (χ4n) is 4.09. The fraction of sp³-hybridized carbons (Fsp3) is 0.480. The van der Waals surface area contributed by atoms with E-state index in [2.05, 4.69) is 47.2 Å². The molecule has 0 aliphatic carbocycles. The summed E-state index contributed by atoms with van der Waals surface area (Å²) >= 11 is 0. The standard InChI is InChI=1S/C25H35N3O3/c1-4-28(5-2)24(21-9-7-11-23(17-21)30-3)18-26-25(29)22-10-6-8-20(16-22)19-27-12-14-31-15-13-27/h6-11,16-17,24H,4-5,12-15,18-19H2,1-3H3,(H,26,29). The molecule has 0 aromatic heterocycles. The molecule has 1 fully saturated rings. The number of likely N-dealkylation sites (N-methyl/N-ethyl adjacent to an activating group) is 1. The summed E-state index contributed by atoms with van der Waals surface area (Å²) in [6.07, 6.45) is 0. The minimum absolute atomic E-state index is 0.0381. The van der Waals surface area contributed by atoms with Crippen molar-refractivity contribution in [3.8, 4) is 5.75 Å². The highest BCUT2D eigenvalue weighted by molar-refractivity contribution is 5.94. The van der Waals surface area contributed by atoms with Gasteiger partial charge in [0.2, 0.25) is 0 Å². The monoisotopic (exact) mass is 425 g/mol. The molecule has 6 nitrogen and oxygen atoms in total. The van der Waals surface area contributed by atoms with Crippen molar-refractivity contribution in [2.45, 2.75) is 26.4 Å². The van der Waals surface area contributed by atoms with E-state index >= 15 is 0 Å². The van der Waals surface area contributed by atoms with Crippen molar-refractivity contribution in [2.75, 3.05) is 53.0 Å². The molecule has 3 rings (SSSR count). The molecule has 1 N–H and O–H groups in total. The molecule has 6 heteroatoms. The van der Waals surface area contributed by atoms with Crippen LogP contribution in [0.4, 0.5) is 0 Å². The highest BCUT2D eigenvalue weighted by atomic mass is 16.5. The Bertz CT molecular complexity index is 832. The zero-order valence-corrected chi connectivity index (χ0v) is 19.0. The molecule has 1 amide bonds. The van der Waals surface area contributed by atoms with E-state index in [4.69, 9.17) is 9.47 Å². The lowest BCUT2D eigenvalue weighted by Gasteiger charge is -2.30. The number of hydrogen-bond acceptors (Lipinski definition) is 5. The Morgan fingerprint density at radius 1 is 1.13 bits per heavy atom. The highest BCUT2D eigenvalue weighted by Crippen LogP contribution is 2.24. The number of rotatable bonds is 10. The van der Waals surface area contributed by atoms with Crippen LogP contribution in [0.1, 0.15) is 41.4 Å². The number of ether oxygens (including phenoxy) is 2. The molecular formula is C25H35N3O3. The van der Waals surface area contributed by atoms with Gasteiger partial charge in [0.1, 0.15) is 5.75 Å². The molecule has 0 radical (unpaired) electrons. The van der Waals surface area contributed by atoms with Crippen LogP contribution in [0, 0.1) is 0 Å². The van der Waals surface area contributed by atoms with Crippen molar-refractivity contribution in [3.05, 3.63) is 65.2 Å². The lowest BCUT2D eigenvalue weighted by atomic mass is 10.0. The third kappa shape index (κ3) is 6.53. The summed E-state index contributed by atoms with van der Waals surface area (Å²) in [4.78, 5) is 17.7. The van der Waals surface area contributed by atoms with Gasteiger partial charge in [-0.1, -0.05) is 38.1 Å². The number of nitrogens with one attached hydrogen (secondary N) is 1. The first-order valence-corrected chi connectivity index (χ1v) is 11.2. The van der Waals surface area contributed by atoms with Crippen LogP contribution in [-0.4, -0.2) is 68.8 Å². The Morgan fingerprint density at radius 3 is 2.58 bits per heavy atom. The van der Waals surface area contributed by atoms with Gasteiger partial charge < -0.3 is 14.8 Å². The van der Waals surface area contributed by atoms with Gasteiger partial charge in [0.15, 0.2) is 0 Å². The van der Waals surface area contributed by atoms with E-state index in [-0.39, 0.29) is 11.9 Å². The van der Waals surface area contributed by atoms with Gasteiger partial charge in [0, 0.05) is 31.7 Å². The number of benzene rings is 2. The Kier molecular flexibility index (Phi) is 8.88. The minimum atomic E-state index is -0.0381. The van der Waals surface area contributed by atoms with Gasteiger partial charge in [-0.2, -0.15) is 0 Å². The first-order valence-electron chi connectivity index (χ1n) is 11.2. The molecular weight excluding hydrogens is 390 g/mol. The second-order valence-corrected chi connectivity index (χ2v) is 7.81. The number of carbonyl (C=O) groups is 1. The van der Waals surface area contributed by atoms with Crippen molar-refractivity contribution in [2.24, 2.45) is 0 Å². The third-order valence-electron chi connectivity index (χ3n) is 5.89. The van der Waals surface area contributed by atoms with Crippen LogP contribution < -0.4 is 10.1 Å². The van der Waals surface area contributed by atoms with Crippen LogP contribution in [-0.2, 0) is 11.3 Å². The van der Waals surface area contributed by atoms with Gasteiger partial charge >= 0.3 is 0 Å². The van der Waals surface area contributed by atoms with Gasteiger partial charge in [-0.25, -0.2) is 0 Å². The van der Waals surface area contributed by atoms with E-state index in [1.807, 2.05) is 30.3 Å². The molecule has 0 bridgehead atoms. The second-order valence-electron chi connectivity index (χ2n) is 7.81. The van der Waals surface area contributed by atoms with E-state index in [0.29, 0.717) is 12.1 Å². The van der Waals surface area contributed by atoms with Gasteiger partial charge in [-0.15, -0.1) is 0 Å². The maximum Gasteiger partial charge on any atom is 0.251 e. The van der Waals surface area contributed by atoms with Gasteiger partial charge in [-0.05, 0) is 48.5 Å². The van der Waals surface area contributed by atoms with E-state index < -0.39 is 0 Å². The molecule has 1 aliphatic heterocycles. The van der Waals surface area contributed by atoms with E-state index in [9.17, 15) is 4.79 Å². The van der Waals surface area contributed by atoms with Crippen molar-refractivity contribution in [1.82, 2.24) is 15.1 Å². The molecule has 0 spiro atoms. The van der Waals surface area contributed by atoms with E-state index in [0.717, 1.165) is 62.8 Å². The second kappa shape index (κ2) is 11.8. The summed E-state index contributed by atoms with van der Waals surface area (Å²) in [6, 6.07) is 16.1. The number of morpholine rings is 1. The summed E-state index contributed by atoms with van der Waals surface area (Å²) in [5.74, 6) is 0.792. The Labute approximate surface area is 186 Å². The number of carbonyl (C=O) groups excluding carboxylic acids is 1. The first-order chi connectivity index (χ1) is 15.1. The van der Waals surface area contributed by atoms with Crippen LogP contribution >= 0.6 is 0 Å². The van der Waals surface area contributed by atoms with Gasteiger partial charge in [0.25, 0.3) is 5.91 Å². The Balaban J connectivity index is 1.68. The maximum absolute atomic E-state index is 13.0. The van der Waals surface area contributed by atoms with E-state index in [1.165, 1.54) is 0 Å².